The number of amides is 1. The van der Waals surface area contributed by atoms with Crippen molar-refractivity contribution in [1.82, 2.24) is 4.90 Å². The zero-order chi connectivity index (χ0) is 8.97. The maximum absolute atomic E-state index is 11.1. The second kappa shape index (κ2) is 4.09. The van der Waals surface area contributed by atoms with Gasteiger partial charge in [-0.25, -0.2) is 0 Å². The summed E-state index contributed by atoms with van der Waals surface area (Å²) in [5, 5.41) is 3.75. The third kappa shape index (κ3) is 2.22. The van der Waals surface area contributed by atoms with Gasteiger partial charge in [0.25, 0.3) is 0 Å². The van der Waals surface area contributed by atoms with Crippen LogP contribution in [0.5, 0.6) is 0 Å². The number of oxime groups is 1. The van der Waals surface area contributed by atoms with E-state index in [1.54, 1.807) is 4.90 Å². The Hall–Kier alpha value is -1.06. The van der Waals surface area contributed by atoms with Crippen molar-refractivity contribution in [3.8, 4) is 0 Å². The van der Waals surface area contributed by atoms with Gasteiger partial charge in [-0.3, -0.25) is 4.79 Å². The molecule has 0 aliphatic carbocycles. The summed E-state index contributed by atoms with van der Waals surface area (Å²) in [6, 6.07) is 0. The summed E-state index contributed by atoms with van der Waals surface area (Å²) in [6.45, 7) is 3.32. The van der Waals surface area contributed by atoms with Gasteiger partial charge in [-0.05, 0) is 13.3 Å². The van der Waals surface area contributed by atoms with Gasteiger partial charge in [0.1, 0.15) is 7.11 Å². The minimum atomic E-state index is 0.223. The van der Waals surface area contributed by atoms with Crippen LogP contribution in [0.3, 0.4) is 0 Å². The first-order chi connectivity index (χ1) is 5.74. The molecule has 0 aromatic rings. The van der Waals surface area contributed by atoms with E-state index in [4.69, 9.17) is 0 Å². The monoisotopic (exact) mass is 170 g/mol. The van der Waals surface area contributed by atoms with Crippen molar-refractivity contribution in [3.63, 3.8) is 0 Å². The van der Waals surface area contributed by atoms with Crippen LogP contribution in [0.25, 0.3) is 0 Å². The van der Waals surface area contributed by atoms with Crippen LogP contribution in [0, 0.1) is 0 Å². The van der Waals surface area contributed by atoms with Gasteiger partial charge in [-0.15, -0.1) is 0 Å². The highest BCUT2D eigenvalue weighted by atomic mass is 16.6. The lowest BCUT2D eigenvalue weighted by Gasteiger charge is -2.13. The average molecular weight is 170 g/mol. The molecule has 0 bridgehead atoms. The van der Waals surface area contributed by atoms with Crippen LogP contribution < -0.4 is 0 Å². The molecule has 4 nitrogen and oxygen atoms in total. The van der Waals surface area contributed by atoms with Crippen molar-refractivity contribution in [2.45, 2.75) is 19.8 Å². The zero-order valence-corrected chi connectivity index (χ0v) is 7.54. The molecule has 0 aromatic heterocycles. The van der Waals surface area contributed by atoms with E-state index in [2.05, 4.69) is 9.99 Å². The number of hydrogen-bond donors (Lipinski definition) is 0. The minimum absolute atomic E-state index is 0.223. The van der Waals surface area contributed by atoms with Gasteiger partial charge in [-0.1, -0.05) is 5.16 Å². The highest BCUT2D eigenvalue weighted by Gasteiger charge is 2.20. The molecule has 0 atom stereocenters. The number of rotatable bonds is 3. The van der Waals surface area contributed by atoms with Crippen molar-refractivity contribution in [3.05, 3.63) is 0 Å². The molecule has 0 unspecified atom stereocenters. The predicted molar refractivity (Wildman–Crippen MR) is 45.9 cm³/mol. The quantitative estimate of drug-likeness (QED) is 0.460. The molecule has 1 saturated heterocycles. The molecule has 0 N–H and O–H groups in total. The molecule has 0 aromatic carbocycles. The van der Waals surface area contributed by atoms with E-state index in [0.717, 1.165) is 18.7 Å². The van der Waals surface area contributed by atoms with Crippen LogP contribution in [-0.4, -0.2) is 36.7 Å². The average Bonchev–Trinajstić information content (AvgIpc) is 2.37. The van der Waals surface area contributed by atoms with E-state index in [-0.39, 0.29) is 5.91 Å². The number of hydrogen-bond acceptors (Lipinski definition) is 3. The van der Waals surface area contributed by atoms with Crippen LogP contribution in [-0.2, 0) is 9.63 Å². The number of nitrogens with zero attached hydrogens (tertiary/aromatic N) is 2. The van der Waals surface area contributed by atoms with Gasteiger partial charge in [0.05, 0.1) is 12.3 Å². The molecule has 12 heavy (non-hydrogen) atoms. The van der Waals surface area contributed by atoms with E-state index in [1.165, 1.54) is 7.11 Å². The maximum Gasteiger partial charge on any atom is 0.222 e. The van der Waals surface area contributed by atoms with Gasteiger partial charge < -0.3 is 9.74 Å². The van der Waals surface area contributed by atoms with Gasteiger partial charge in [0.2, 0.25) is 5.91 Å². The number of likely N-dealkylation sites (tertiary alicyclic amines) is 1. The van der Waals surface area contributed by atoms with Crippen LogP contribution >= 0.6 is 0 Å². The summed E-state index contributed by atoms with van der Waals surface area (Å²) in [5.41, 5.74) is 0.841. The fourth-order valence-electron chi connectivity index (χ4n) is 1.33. The number of carbonyl (C=O) groups excluding carboxylic acids is 1. The van der Waals surface area contributed by atoms with Crippen molar-refractivity contribution in [2.75, 3.05) is 20.2 Å². The second-order valence-electron chi connectivity index (χ2n) is 2.93. The van der Waals surface area contributed by atoms with E-state index in [1.807, 2.05) is 6.92 Å². The zero-order valence-electron chi connectivity index (χ0n) is 7.54. The molecule has 0 spiro atoms. The first kappa shape index (κ1) is 9.03. The first-order valence-electron chi connectivity index (χ1n) is 4.08. The van der Waals surface area contributed by atoms with E-state index >= 15 is 0 Å². The highest BCUT2D eigenvalue weighted by Crippen LogP contribution is 2.08. The second-order valence-corrected chi connectivity index (χ2v) is 2.93. The third-order valence-corrected chi connectivity index (χ3v) is 1.84. The smallest absolute Gasteiger partial charge is 0.222 e. The van der Waals surface area contributed by atoms with E-state index in [0.29, 0.717) is 13.0 Å². The minimum Gasteiger partial charge on any atom is -0.399 e. The normalized spacial score (nSPS) is 18.7. The lowest BCUT2D eigenvalue weighted by molar-refractivity contribution is -0.127. The van der Waals surface area contributed by atoms with Crippen molar-refractivity contribution >= 4 is 11.6 Å². The molecule has 1 fully saturated rings. The molecule has 1 aliphatic rings. The van der Waals surface area contributed by atoms with Gasteiger partial charge >= 0.3 is 0 Å². The molecule has 1 rings (SSSR count). The molecule has 1 amide bonds. The summed E-state index contributed by atoms with van der Waals surface area (Å²) in [7, 11) is 1.51. The summed E-state index contributed by atoms with van der Waals surface area (Å²) in [6.07, 6.45) is 1.65. The van der Waals surface area contributed by atoms with Gasteiger partial charge in [0, 0.05) is 13.0 Å². The molecular formula is C8H14N2O2. The van der Waals surface area contributed by atoms with Crippen LogP contribution in [0.15, 0.2) is 5.16 Å². The third-order valence-electron chi connectivity index (χ3n) is 1.84. The van der Waals surface area contributed by atoms with Crippen LogP contribution in [0.1, 0.15) is 19.8 Å². The van der Waals surface area contributed by atoms with Crippen LogP contribution in [0.4, 0.5) is 0 Å². The van der Waals surface area contributed by atoms with Crippen molar-refractivity contribution in [2.24, 2.45) is 5.16 Å². The molecule has 1 heterocycles. The van der Waals surface area contributed by atoms with Gasteiger partial charge in [-0.2, -0.15) is 0 Å². The Labute approximate surface area is 72.2 Å². The fraction of sp³-hybridized carbons (Fsp3) is 0.750. The van der Waals surface area contributed by atoms with E-state index in [9.17, 15) is 4.79 Å². The molecule has 0 radical (unpaired) electrons. The fourth-order valence-corrected chi connectivity index (χ4v) is 1.33. The first-order valence-corrected chi connectivity index (χ1v) is 4.08. The number of carbonyl (C=O) groups is 1. The largest absolute Gasteiger partial charge is 0.399 e. The molecule has 1 aliphatic heterocycles. The SMILES string of the molecule is CO/N=C(\C)CN1CCCC1=O. The lowest BCUT2D eigenvalue weighted by atomic mass is 10.4. The highest BCUT2D eigenvalue weighted by molar-refractivity contribution is 5.88. The Balaban J connectivity index is 2.40. The summed E-state index contributed by atoms with van der Waals surface area (Å²) < 4.78 is 0. The van der Waals surface area contributed by atoms with Crippen molar-refractivity contribution < 1.29 is 9.63 Å². The Morgan fingerprint density at radius 3 is 3.00 bits per heavy atom. The molecular weight excluding hydrogens is 156 g/mol. The van der Waals surface area contributed by atoms with Gasteiger partial charge in [0.15, 0.2) is 0 Å². The lowest BCUT2D eigenvalue weighted by Crippen LogP contribution is -2.29. The topological polar surface area (TPSA) is 41.9 Å². The van der Waals surface area contributed by atoms with Crippen LogP contribution in [0.2, 0.25) is 0 Å². The van der Waals surface area contributed by atoms with E-state index < -0.39 is 0 Å². The summed E-state index contributed by atoms with van der Waals surface area (Å²) in [5.74, 6) is 0.223. The molecule has 0 saturated carbocycles. The standard InChI is InChI=1S/C8H14N2O2/c1-7(9-12-2)6-10-5-3-4-8(10)11/h3-6H2,1-2H3/b9-7+. The summed E-state index contributed by atoms with van der Waals surface area (Å²) >= 11 is 0. The Kier molecular flexibility index (Phi) is 3.08. The molecule has 4 heteroatoms. The maximum atomic E-state index is 11.1. The Bertz CT molecular complexity index is 201. The Morgan fingerprint density at radius 1 is 1.75 bits per heavy atom. The van der Waals surface area contributed by atoms with Crippen molar-refractivity contribution in [1.29, 1.82) is 0 Å². The summed E-state index contributed by atoms with van der Waals surface area (Å²) in [4.78, 5) is 17.5. The Morgan fingerprint density at radius 2 is 2.50 bits per heavy atom. The molecule has 68 valence electrons. The predicted octanol–water partition coefficient (Wildman–Crippen LogP) is 0.631.